The van der Waals surface area contributed by atoms with E-state index in [9.17, 15) is 14.4 Å². The number of ether oxygens (including phenoxy) is 3. The van der Waals surface area contributed by atoms with Gasteiger partial charge in [-0.25, -0.2) is 9.59 Å². The molecule has 36 heavy (non-hydrogen) atoms. The standard InChI is InChI=1S/C25H28N4O6S/c1-6-29-21(13-35-20-9-7-8-15(2)16(20)3)27-28-25(29)36-14-22(30)26-19-11-17(23(31)33-4)10-18(12-19)24(32)34-5/h7-12H,6,13-14H2,1-5H3,(H,26,30). The zero-order valence-electron chi connectivity index (χ0n) is 20.8. The van der Waals surface area contributed by atoms with Crippen LogP contribution < -0.4 is 10.1 Å². The van der Waals surface area contributed by atoms with E-state index in [0.29, 0.717) is 17.5 Å². The number of amides is 1. The lowest BCUT2D eigenvalue weighted by molar-refractivity contribution is -0.113. The molecule has 3 rings (SSSR count). The van der Waals surface area contributed by atoms with Crippen LogP contribution >= 0.6 is 11.8 Å². The molecule has 3 aromatic rings. The molecule has 1 heterocycles. The van der Waals surface area contributed by atoms with Crippen LogP contribution in [0.4, 0.5) is 5.69 Å². The van der Waals surface area contributed by atoms with Crippen molar-refractivity contribution in [1.29, 1.82) is 0 Å². The van der Waals surface area contributed by atoms with E-state index in [1.165, 1.54) is 44.2 Å². The Morgan fingerprint density at radius 1 is 1.00 bits per heavy atom. The maximum atomic E-state index is 12.6. The van der Waals surface area contributed by atoms with Gasteiger partial charge in [0.25, 0.3) is 0 Å². The molecule has 0 spiro atoms. The Kier molecular flexibility index (Phi) is 9.07. The van der Waals surface area contributed by atoms with Crippen LogP contribution in [0.25, 0.3) is 0 Å². The van der Waals surface area contributed by atoms with E-state index in [1.807, 2.05) is 43.5 Å². The van der Waals surface area contributed by atoms with Crippen LogP contribution in [0.5, 0.6) is 5.75 Å². The Morgan fingerprint density at radius 3 is 2.28 bits per heavy atom. The van der Waals surface area contributed by atoms with Crippen LogP contribution in [0.1, 0.15) is 44.6 Å². The van der Waals surface area contributed by atoms with Gasteiger partial charge in [0, 0.05) is 12.2 Å². The number of methoxy groups -OCH3 is 2. The van der Waals surface area contributed by atoms with Crippen molar-refractivity contribution < 1.29 is 28.6 Å². The molecule has 11 heteroatoms. The third kappa shape index (κ3) is 6.42. The van der Waals surface area contributed by atoms with Crippen LogP contribution in [0, 0.1) is 13.8 Å². The van der Waals surface area contributed by atoms with Crippen LogP contribution in [0.3, 0.4) is 0 Å². The number of hydrogen-bond acceptors (Lipinski definition) is 9. The molecule has 0 saturated carbocycles. The second-order valence-corrected chi connectivity index (χ2v) is 8.69. The molecule has 0 aliphatic carbocycles. The molecule has 1 amide bonds. The highest BCUT2D eigenvalue weighted by atomic mass is 32.2. The first kappa shape index (κ1) is 26.7. The molecule has 0 radical (unpaired) electrons. The average molecular weight is 513 g/mol. The van der Waals surface area contributed by atoms with E-state index in [2.05, 4.69) is 15.5 Å². The lowest BCUT2D eigenvalue weighted by atomic mass is 10.1. The van der Waals surface area contributed by atoms with E-state index in [0.717, 1.165) is 16.9 Å². The third-order valence-corrected chi connectivity index (χ3v) is 6.38. The van der Waals surface area contributed by atoms with Crippen molar-refractivity contribution in [1.82, 2.24) is 14.8 Å². The zero-order valence-corrected chi connectivity index (χ0v) is 21.6. The first-order valence-electron chi connectivity index (χ1n) is 11.1. The molecular formula is C25H28N4O6S. The minimum atomic E-state index is -0.641. The van der Waals surface area contributed by atoms with Gasteiger partial charge in [0.2, 0.25) is 5.91 Å². The molecule has 2 aromatic carbocycles. The van der Waals surface area contributed by atoms with Gasteiger partial charge in [-0.1, -0.05) is 23.9 Å². The molecule has 0 aliphatic rings. The normalized spacial score (nSPS) is 10.6. The number of carbonyl (C=O) groups excluding carboxylic acids is 3. The molecule has 1 N–H and O–H groups in total. The maximum Gasteiger partial charge on any atom is 0.337 e. The number of anilines is 1. The highest BCUT2D eigenvalue weighted by Gasteiger charge is 2.17. The Balaban J connectivity index is 1.67. The van der Waals surface area contributed by atoms with Gasteiger partial charge < -0.3 is 24.1 Å². The first-order chi connectivity index (χ1) is 17.3. The van der Waals surface area contributed by atoms with Crippen LogP contribution in [-0.4, -0.2) is 52.6 Å². The van der Waals surface area contributed by atoms with Crippen molar-refractivity contribution in [3.05, 3.63) is 64.5 Å². The quantitative estimate of drug-likeness (QED) is 0.319. The molecule has 0 aliphatic heterocycles. The molecule has 0 saturated heterocycles. The van der Waals surface area contributed by atoms with E-state index in [-0.39, 0.29) is 35.1 Å². The Hall–Kier alpha value is -3.86. The van der Waals surface area contributed by atoms with E-state index < -0.39 is 11.9 Å². The largest absolute Gasteiger partial charge is 0.485 e. The van der Waals surface area contributed by atoms with Gasteiger partial charge in [0.05, 0.1) is 31.1 Å². The lowest BCUT2D eigenvalue weighted by Crippen LogP contribution is -2.16. The van der Waals surface area contributed by atoms with Gasteiger partial charge in [-0.3, -0.25) is 4.79 Å². The number of benzene rings is 2. The van der Waals surface area contributed by atoms with Crippen LogP contribution in [0.2, 0.25) is 0 Å². The number of aryl methyl sites for hydroxylation is 1. The van der Waals surface area contributed by atoms with Crippen molar-refractivity contribution in [3.63, 3.8) is 0 Å². The number of aromatic nitrogens is 3. The molecule has 1 aromatic heterocycles. The molecular weight excluding hydrogens is 484 g/mol. The molecule has 0 bridgehead atoms. The molecule has 0 atom stereocenters. The number of hydrogen-bond donors (Lipinski definition) is 1. The fourth-order valence-electron chi connectivity index (χ4n) is 3.37. The van der Waals surface area contributed by atoms with Gasteiger partial charge in [-0.05, 0) is 56.2 Å². The minimum Gasteiger partial charge on any atom is -0.485 e. The monoisotopic (exact) mass is 512 g/mol. The van der Waals surface area contributed by atoms with E-state index in [4.69, 9.17) is 14.2 Å². The summed E-state index contributed by atoms with van der Waals surface area (Å²) in [6.07, 6.45) is 0. The van der Waals surface area contributed by atoms with Gasteiger partial charge in [0.1, 0.15) is 12.4 Å². The summed E-state index contributed by atoms with van der Waals surface area (Å²) in [5.41, 5.74) is 2.70. The van der Waals surface area contributed by atoms with Crippen molar-refractivity contribution in [2.24, 2.45) is 0 Å². The molecule has 0 fully saturated rings. The van der Waals surface area contributed by atoms with Gasteiger partial charge in [0.15, 0.2) is 11.0 Å². The summed E-state index contributed by atoms with van der Waals surface area (Å²) in [7, 11) is 2.46. The number of carbonyl (C=O) groups is 3. The predicted molar refractivity (Wildman–Crippen MR) is 134 cm³/mol. The Labute approximate surface area is 213 Å². The topological polar surface area (TPSA) is 122 Å². The smallest absolute Gasteiger partial charge is 0.337 e. The second-order valence-electron chi connectivity index (χ2n) is 7.75. The summed E-state index contributed by atoms with van der Waals surface area (Å²) in [5.74, 6) is -0.165. The summed E-state index contributed by atoms with van der Waals surface area (Å²) in [5, 5.41) is 11.7. The van der Waals surface area contributed by atoms with Gasteiger partial charge >= 0.3 is 11.9 Å². The Bertz CT molecular complexity index is 1240. The van der Waals surface area contributed by atoms with E-state index >= 15 is 0 Å². The molecule has 190 valence electrons. The summed E-state index contributed by atoms with van der Waals surface area (Å²) >= 11 is 1.22. The van der Waals surface area contributed by atoms with Crippen LogP contribution in [-0.2, 0) is 27.4 Å². The molecule has 10 nitrogen and oxygen atoms in total. The second kappa shape index (κ2) is 12.2. The van der Waals surface area contributed by atoms with Gasteiger partial charge in [-0.15, -0.1) is 10.2 Å². The minimum absolute atomic E-state index is 0.0337. The summed E-state index contributed by atoms with van der Waals surface area (Å²) in [6, 6.07) is 10.1. The Morgan fingerprint density at radius 2 is 1.67 bits per heavy atom. The van der Waals surface area contributed by atoms with Crippen molar-refractivity contribution in [3.8, 4) is 5.75 Å². The van der Waals surface area contributed by atoms with Crippen LogP contribution in [0.15, 0.2) is 41.6 Å². The van der Waals surface area contributed by atoms with Crippen molar-refractivity contribution in [2.75, 3.05) is 25.3 Å². The number of nitrogens with one attached hydrogen (secondary N) is 1. The SMILES string of the molecule is CCn1c(COc2cccc(C)c2C)nnc1SCC(=O)Nc1cc(C(=O)OC)cc(C(=O)OC)c1. The number of rotatable bonds is 10. The number of thioether (sulfide) groups is 1. The molecule has 0 unspecified atom stereocenters. The lowest BCUT2D eigenvalue weighted by Gasteiger charge is -2.12. The first-order valence-corrected chi connectivity index (χ1v) is 12.1. The van der Waals surface area contributed by atoms with Crippen molar-refractivity contribution in [2.45, 2.75) is 39.1 Å². The predicted octanol–water partition coefficient (Wildman–Crippen LogP) is 3.80. The fourth-order valence-corrected chi connectivity index (χ4v) is 4.19. The summed E-state index contributed by atoms with van der Waals surface area (Å²) in [6.45, 7) is 6.84. The third-order valence-electron chi connectivity index (χ3n) is 5.41. The number of esters is 2. The maximum absolute atomic E-state index is 12.6. The summed E-state index contributed by atoms with van der Waals surface area (Å²) < 4.78 is 17.3. The summed E-state index contributed by atoms with van der Waals surface area (Å²) in [4.78, 5) is 36.5. The number of nitrogens with zero attached hydrogens (tertiary/aromatic N) is 3. The average Bonchev–Trinajstić information content (AvgIpc) is 3.28. The zero-order chi connectivity index (χ0) is 26.2. The fraction of sp³-hybridized carbons (Fsp3) is 0.320. The highest BCUT2D eigenvalue weighted by Crippen LogP contribution is 2.23. The van der Waals surface area contributed by atoms with Gasteiger partial charge in [-0.2, -0.15) is 0 Å². The van der Waals surface area contributed by atoms with Crippen molar-refractivity contribution >= 4 is 35.3 Å². The van der Waals surface area contributed by atoms with E-state index in [1.54, 1.807) is 0 Å². The highest BCUT2D eigenvalue weighted by molar-refractivity contribution is 7.99.